The molecule has 1 aliphatic rings. The summed E-state index contributed by atoms with van der Waals surface area (Å²) in [7, 11) is 1.53. The Balaban J connectivity index is 1.83. The number of amides is 1. The Morgan fingerprint density at radius 1 is 1.31 bits per heavy atom. The minimum absolute atomic E-state index is 0.0271. The number of aryl methyl sites for hydroxylation is 1. The molecule has 1 aliphatic heterocycles. The third kappa shape index (κ3) is 6.53. The second-order valence-electron chi connectivity index (χ2n) is 8.10. The summed E-state index contributed by atoms with van der Waals surface area (Å²) in [5.41, 5.74) is -0.825. The molecule has 35 heavy (non-hydrogen) atoms. The second kappa shape index (κ2) is 12.2. The van der Waals surface area contributed by atoms with E-state index in [9.17, 15) is 24.0 Å². The molecule has 186 valence electrons. The van der Waals surface area contributed by atoms with Crippen molar-refractivity contribution in [3.63, 3.8) is 0 Å². The van der Waals surface area contributed by atoms with Crippen molar-refractivity contribution >= 4 is 11.7 Å². The molecule has 1 saturated heterocycles. The molecule has 9 nitrogen and oxygen atoms in total. The van der Waals surface area contributed by atoms with Crippen LogP contribution in [0, 0.1) is 17.1 Å². The van der Waals surface area contributed by atoms with E-state index in [2.05, 4.69) is 0 Å². The number of morpholine rings is 1. The van der Waals surface area contributed by atoms with E-state index >= 15 is 0 Å². The Bertz CT molecular complexity index is 1170. The van der Waals surface area contributed by atoms with E-state index in [1.807, 2.05) is 6.92 Å². The third-order valence-electron chi connectivity index (χ3n) is 5.70. The SMILES string of the molecule is CCC1CN(C(=O)COc2ccc(F)cc2C(=O)c2cc(C#N)c(=O)n(CCCOC)c2)CCO1. The van der Waals surface area contributed by atoms with Gasteiger partial charge in [0.1, 0.15) is 23.2 Å². The van der Waals surface area contributed by atoms with Gasteiger partial charge in [-0.1, -0.05) is 6.92 Å². The van der Waals surface area contributed by atoms with E-state index in [1.54, 1.807) is 11.0 Å². The van der Waals surface area contributed by atoms with E-state index in [1.165, 1.54) is 30.0 Å². The van der Waals surface area contributed by atoms with Crippen LogP contribution in [0.15, 0.2) is 35.3 Å². The number of pyridine rings is 1. The lowest BCUT2D eigenvalue weighted by Gasteiger charge is -2.32. The number of aromatic nitrogens is 1. The maximum atomic E-state index is 14.1. The minimum Gasteiger partial charge on any atom is -0.483 e. The lowest BCUT2D eigenvalue weighted by atomic mass is 10.0. The highest BCUT2D eigenvalue weighted by Gasteiger charge is 2.24. The van der Waals surface area contributed by atoms with Gasteiger partial charge in [-0.3, -0.25) is 14.4 Å². The first-order chi connectivity index (χ1) is 16.9. The van der Waals surface area contributed by atoms with Gasteiger partial charge < -0.3 is 23.7 Å². The van der Waals surface area contributed by atoms with Crippen LogP contribution in [-0.2, 0) is 20.8 Å². The minimum atomic E-state index is -0.667. The first kappa shape index (κ1) is 26.1. The average molecular weight is 486 g/mol. The molecule has 3 rings (SSSR count). The fourth-order valence-electron chi connectivity index (χ4n) is 3.77. The highest BCUT2D eigenvalue weighted by molar-refractivity contribution is 6.10. The van der Waals surface area contributed by atoms with Crippen molar-refractivity contribution in [2.75, 3.05) is 40.0 Å². The molecule has 1 aromatic carbocycles. The van der Waals surface area contributed by atoms with Gasteiger partial charge >= 0.3 is 0 Å². The van der Waals surface area contributed by atoms with Crippen LogP contribution in [-0.4, -0.2) is 67.3 Å². The number of hydrogen-bond donors (Lipinski definition) is 0. The van der Waals surface area contributed by atoms with Crippen LogP contribution in [0.1, 0.15) is 41.3 Å². The number of halogens is 1. The molecule has 0 radical (unpaired) electrons. The predicted molar refractivity (Wildman–Crippen MR) is 124 cm³/mol. The van der Waals surface area contributed by atoms with E-state index in [0.717, 1.165) is 18.6 Å². The number of rotatable bonds is 10. The molecular weight excluding hydrogens is 457 g/mol. The molecule has 0 N–H and O–H groups in total. The van der Waals surface area contributed by atoms with E-state index in [4.69, 9.17) is 14.2 Å². The zero-order chi connectivity index (χ0) is 25.4. The Morgan fingerprint density at radius 2 is 2.11 bits per heavy atom. The monoisotopic (exact) mass is 485 g/mol. The Kier molecular flexibility index (Phi) is 9.11. The summed E-state index contributed by atoms with van der Waals surface area (Å²) in [5, 5.41) is 9.36. The largest absolute Gasteiger partial charge is 0.483 e. The number of nitriles is 1. The molecule has 0 bridgehead atoms. The molecule has 10 heteroatoms. The standard InChI is InChI=1S/C25H28FN3O6/c1-3-20-15-28(8-10-34-20)23(30)16-35-22-6-5-19(26)12-21(22)24(31)18-11-17(13-27)25(32)29(14-18)7-4-9-33-2/h5-6,11-12,14,20H,3-4,7-10,15-16H2,1-2H3. The smallest absolute Gasteiger partial charge is 0.268 e. The summed E-state index contributed by atoms with van der Waals surface area (Å²) in [6.07, 6.45) is 2.57. The number of hydrogen-bond acceptors (Lipinski definition) is 7. The van der Waals surface area contributed by atoms with Gasteiger partial charge in [0, 0.05) is 45.1 Å². The van der Waals surface area contributed by atoms with Crippen molar-refractivity contribution in [2.45, 2.75) is 32.4 Å². The van der Waals surface area contributed by atoms with Gasteiger partial charge in [0.15, 0.2) is 12.4 Å². The average Bonchev–Trinajstić information content (AvgIpc) is 2.88. The summed E-state index contributed by atoms with van der Waals surface area (Å²) >= 11 is 0. The fraction of sp³-hybridized carbons (Fsp3) is 0.440. The molecule has 1 unspecified atom stereocenters. The number of benzene rings is 1. The normalized spacial score (nSPS) is 15.5. The van der Waals surface area contributed by atoms with E-state index < -0.39 is 17.2 Å². The number of ketones is 1. The van der Waals surface area contributed by atoms with Crippen molar-refractivity contribution in [3.8, 4) is 11.8 Å². The van der Waals surface area contributed by atoms with Crippen LogP contribution in [0.4, 0.5) is 4.39 Å². The molecule has 0 spiro atoms. The Hall–Kier alpha value is -3.55. The molecule has 1 aromatic heterocycles. The molecule has 1 atom stereocenters. The Labute approximate surface area is 202 Å². The molecule has 1 amide bonds. The number of ether oxygens (including phenoxy) is 3. The molecule has 0 aliphatic carbocycles. The summed E-state index contributed by atoms with van der Waals surface area (Å²) < 4.78 is 31.5. The first-order valence-electron chi connectivity index (χ1n) is 11.4. The van der Waals surface area contributed by atoms with Gasteiger partial charge in [0.25, 0.3) is 11.5 Å². The molecule has 2 heterocycles. The van der Waals surface area contributed by atoms with Crippen molar-refractivity contribution < 1.29 is 28.2 Å². The van der Waals surface area contributed by atoms with Gasteiger partial charge in [0.2, 0.25) is 0 Å². The van der Waals surface area contributed by atoms with Crippen molar-refractivity contribution in [2.24, 2.45) is 0 Å². The van der Waals surface area contributed by atoms with Gasteiger partial charge in [-0.2, -0.15) is 5.26 Å². The van der Waals surface area contributed by atoms with Gasteiger partial charge in [-0.05, 0) is 37.1 Å². The molecule has 2 aromatic rings. The van der Waals surface area contributed by atoms with Crippen LogP contribution in [0.25, 0.3) is 0 Å². The summed E-state index contributed by atoms with van der Waals surface area (Å²) in [4.78, 5) is 40.0. The maximum absolute atomic E-state index is 14.1. The van der Waals surface area contributed by atoms with Crippen molar-refractivity contribution in [1.29, 1.82) is 5.26 Å². The van der Waals surface area contributed by atoms with Crippen LogP contribution in [0.5, 0.6) is 5.75 Å². The zero-order valence-corrected chi connectivity index (χ0v) is 19.8. The number of nitrogens with zero attached hydrogens (tertiary/aromatic N) is 3. The fourth-order valence-corrected chi connectivity index (χ4v) is 3.77. The van der Waals surface area contributed by atoms with Crippen LogP contribution in [0.3, 0.4) is 0 Å². The Morgan fingerprint density at radius 3 is 2.83 bits per heavy atom. The van der Waals surface area contributed by atoms with Gasteiger partial charge in [-0.15, -0.1) is 0 Å². The van der Waals surface area contributed by atoms with E-state index in [-0.39, 0.29) is 47.6 Å². The number of carbonyl (C=O) groups is 2. The van der Waals surface area contributed by atoms with Gasteiger partial charge in [0.05, 0.1) is 18.3 Å². The highest BCUT2D eigenvalue weighted by atomic mass is 19.1. The predicted octanol–water partition coefficient (Wildman–Crippen LogP) is 2.14. The number of carbonyl (C=O) groups excluding carboxylic acids is 2. The third-order valence-corrected chi connectivity index (χ3v) is 5.70. The molecular formula is C25H28FN3O6. The van der Waals surface area contributed by atoms with E-state index in [0.29, 0.717) is 32.7 Å². The molecule has 1 fully saturated rings. The van der Waals surface area contributed by atoms with Gasteiger partial charge in [-0.25, -0.2) is 4.39 Å². The second-order valence-corrected chi connectivity index (χ2v) is 8.10. The highest BCUT2D eigenvalue weighted by Crippen LogP contribution is 2.24. The maximum Gasteiger partial charge on any atom is 0.268 e. The van der Waals surface area contributed by atoms with Crippen LogP contribution < -0.4 is 10.3 Å². The summed E-state index contributed by atoms with van der Waals surface area (Å²) in [5.74, 6) is -1.55. The summed E-state index contributed by atoms with van der Waals surface area (Å²) in [6, 6.07) is 6.40. The number of methoxy groups -OCH3 is 1. The lowest BCUT2D eigenvalue weighted by molar-refractivity contribution is -0.141. The first-order valence-corrected chi connectivity index (χ1v) is 11.4. The molecule has 0 saturated carbocycles. The van der Waals surface area contributed by atoms with Crippen LogP contribution >= 0.6 is 0 Å². The quantitative estimate of drug-likeness (QED) is 0.375. The van der Waals surface area contributed by atoms with Crippen molar-refractivity contribution in [1.82, 2.24) is 9.47 Å². The zero-order valence-electron chi connectivity index (χ0n) is 19.8. The van der Waals surface area contributed by atoms with Crippen molar-refractivity contribution in [3.05, 3.63) is 63.3 Å². The van der Waals surface area contributed by atoms with Crippen LogP contribution in [0.2, 0.25) is 0 Å². The lowest BCUT2D eigenvalue weighted by Crippen LogP contribution is -2.47. The summed E-state index contributed by atoms with van der Waals surface area (Å²) in [6.45, 7) is 3.61. The topological polar surface area (TPSA) is 111 Å².